The molecule has 1 aromatic rings. The lowest BCUT2D eigenvalue weighted by Gasteiger charge is -2.13. The van der Waals surface area contributed by atoms with Crippen LogP contribution in [0.5, 0.6) is 5.75 Å². The van der Waals surface area contributed by atoms with E-state index in [0.29, 0.717) is 17.7 Å². The molecule has 1 atom stereocenters. The summed E-state index contributed by atoms with van der Waals surface area (Å²) in [7, 11) is 0. The zero-order valence-corrected chi connectivity index (χ0v) is 11.0. The third kappa shape index (κ3) is 2.96. The Bertz CT molecular complexity index is 540. The van der Waals surface area contributed by atoms with E-state index in [-0.39, 0.29) is 19.0 Å². The van der Waals surface area contributed by atoms with E-state index in [1.165, 1.54) is 0 Å². The van der Waals surface area contributed by atoms with Gasteiger partial charge in [0.1, 0.15) is 5.75 Å². The molecular formula is C14H15NO5. The zero-order chi connectivity index (χ0) is 14.5. The van der Waals surface area contributed by atoms with Crippen LogP contribution in [0.25, 0.3) is 0 Å². The SMILES string of the molecule is CCOC(=O)C(=O)NC1CCOc2ccccc2C1=O. The normalized spacial score (nSPS) is 17.4. The Morgan fingerprint density at radius 2 is 2.15 bits per heavy atom. The summed E-state index contributed by atoms with van der Waals surface area (Å²) in [5, 5.41) is 2.39. The quantitative estimate of drug-likeness (QED) is 0.635. The smallest absolute Gasteiger partial charge is 0.396 e. The highest BCUT2D eigenvalue weighted by atomic mass is 16.5. The molecule has 1 amide bonds. The summed E-state index contributed by atoms with van der Waals surface area (Å²) in [6.45, 7) is 2.00. The molecule has 2 rings (SSSR count). The monoisotopic (exact) mass is 277 g/mol. The van der Waals surface area contributed by atoms with E-state index >= 15 is 0 Å². The van der Waals surface area contributed by atoms with Crippen LogP contribution in [0, 0.1) is 0 Å². The minimum absolute atomic E-state index is 0.108. The summed E-state index contributed by atoms with van der Waals surface area (Å²) in [4.78, 5) is 35.2. The molecule has 1 unspecified atom stereocenters. The van der Waals surface area contributed by atoms with E-state index in [1.807, 2.05) is 0 Å². The third-order valence-corrected chi connectivity index (χ3v) is 2.90. The number of hydrogen-bond acceptors (Lipinski definition) is 5. The number of hydrogen-bond donors (Lipinski definition) is 1. The number of para-hydroxylation sites is 1. The summed E-state index contributed by atoms with van der Waals surface area (Å²) in [6.07, 6.45) is 0.304. The molecule has 1 aliphatic heterocycles. The highest BCUT2D eigenvalue weighted by Gasteiger charge is 2.29. The first-order chi connectivity index (χ1) is 9.63. The average Bonchev–Trinajstić information content (AvgIpc) is 2.60. The molecule has 0 saturated heterocycles. The van der Waals surface area contributed by atoms with E-state index in [9.17, 15) is 14.4 Å². The van der Waals surface area contributed by atoms with Crippen molar-refractivity contribution in [3.63, 3.8) is 0 Å². The molecule has 0 fully saturated rings. The topological polar surface area (TPSA) is 81.7 Å². The van der Waals surface area contributed by atoms with Gasteiger partial charge in [0.25, 0.3) is 0 Å². The van der Waals surface area contributed by atoms with Gasteiger partial charge < -0.3 is 14.8 Å². The zero-order valence-electron chi connectivity index (χ0n) is 11.0. The number of benzene rings is 1. The lowest BCUT2D eigenvalue weighted by Crippen LogP contribution is -2.44. The van der Waals surface area contributed by atoms with Crippen LogP contribution in [0.3, 0.4) is 0 Å². The van der Waals surface area contributed by atoms with Crippen LogP contribution in [-0.2, 0) is 14.3 Å². The summed E-state index contributed by atoms with van der Waals surface area (Å²) in [5.41, 5.74) is 0.402. The molecule has 1 aliphatic rings. The molecule has 0 spiro atoms. The number of amides is 1. The number of ketones is 1. The van der Waals surface area contributed by atoms with Gasteiger partial charge in [0.2, 0.25) is 0 Å². The van der Waals surface area contributed by atoms with Crippen LogP contribution < -0.4 is 10.1 Å². The van der Waals surface area contributed by atoms with Crippen molar-refractivity contribution in [1.29, 1.82) is 0 Å². The van der Waals surface area contributed by atoms with Crippen molar-refractivity contribution >= 4 is 17.7 Å². The van der Waals surface area contributed by atoms with Crippen LogP contribution in [0.15, 0.2) is 24.3 Å². The third-order valence-electron chi connectivity index (χ3n) is 2.90. The molecule has 0 aromatic heterocycles. The molecule has 20 heavy (non-hydrogen) atoms. The average molecular weight is 277 g/mol. The van der Waals surface area contributed by atoms with Crippen LogP contribution in [0.2, 0.25) is 0 Å². The molecule has 106 valence electrons. The van der Waals surface area contributed by atoms with Gasteiger partial charge in [-0.05, 0) is 19.1 Å². The van der Waals surface area contributed by atoms with Crippen molar-refractivity contribution in [1.82, 2.24) is 5.32 Å². The second kappa shape index (κ2) is 6.18. The predicted octanol–water partition coefficient (Wildman–Crippen LogP) is 0.700. The molecule has 1 aromatic carbocycles. The lowest BCUT2D eigenvalue weighted by molar-refractivity contribution is -0.154. The number of nitrogens with one attached hydrogen (secondary N) is 1. The van der Waals surface area contributed by atoms with Gasteiger partial charge in [-0.25, -0.2) is 4.79 Å². The van der Waals surface area contributed by atoms with Gasteiger partial charge in [-0.3, -0.25) is 9.59 Å². The van der Waals surface area contributed by atoms with Gasteiger partial charge in [0.05, 0.1) is 24.8 Å². The molecule has 0 bridgehead atoms. The molecule has 1 heterocycles. The van der Waals surface area contributed by atoms with E-state index < -0.39 is 17.9 Å². The predicted molar refractivity (Wildman–Crippen MR) is 69.4 cm³/mol. The first kappa shape index (κ1) is 14.0. The van der Waals surface area contributed by atoms with E-state index in [2.05, 4.69) is 10.1 Å². The van der Waals surface area contributed by atoms with Gasteiger partial charge in [0.15, 0.2) is 5.78 Å². The molecule has 0 aliphatic carbocycles. The number of esters is 1. The number of fused-ring (bicyclic) bond motifs is 1. The maximum atomic E-state index is 12.3. The van der Waals surface area contributed by atoms with Gasteiger partial charge in [-0.2, -0.15) is 0 Å². The van der Waals surface area contributed by atoms with Crippen LogP contribution in [0.1, 0.15) is 23.7 Å². The molecular weight excluding hydrogens is 262 g/mol. The Morgan fingerprint density at radius 3 is 2.90 bits per heavy atom. The standard InChI is InChI=1S/C14H15NO5/c1-2-19-14(18)13(17)15-10-7-8-20-11-6-4-3-5-9(11)12(10)16/h3-6,10H,2,7-8H2,1H3,(H,15,17). The van der Waals surface area contributed by atoms with Crippen molar-refractivity contribution in [3.8, 4) is 5.75 Å². The second-order valence-electron chi connectivity index (χ2n) is 4.24. The number of carbonyl (C=O) groups excluding carboxylic acids is 3. The summed E-state index contributed by atoms with van der Waals surface area (Å²) < 4.78 is 10.0. The summed E-state index contributed by atoms with van der Waals surface area (Å²) in [5.74, 6) is -1.68. The Kier molecular flexibility index (Phi) is 4.34. The van der Waals surface area contributed by atoms with Crippen molar-refractivity contribution in [2.75, 3.05) is 13.2 Å². The highest BCUT2D eigenvalue weighted by molar-refractivity contribution is 6.33. The molecule has 6 heteroatoms. The Balaban J connectivity index is 2.12. The number of ether oxygens (including phenoxy) is 2. The largest absolute Gasteiger partial charge is 0.493 e. The van der Waals surface area contributed by atoms with Crippen molar-refractivity contribution < 1.29 is 23.9 Å². The van der Waals surface area contributed by atoms with Crippen LogP contribution >= 0.6 is 0 Å². The Morgan fingerprint density at radius 1 is 1.40 bits per heavy atom. The number of rotatable bonds is 2. The maximum absolute atomic E-state index is 12.3. The Labute approximate surface area is 116 Å². The maximum Gasteiger partial charge on any atom is 0.396 e. The van der Waals surface area contributed by atoms with E-state index in [0.717, 1.165) is 0 Å². The van der Waals surface area contributed by atoms with Gasteiger partial charge in [0, 0.05) is 6.42 Å². The summed E-state index contributed by atoms with van der Waals surface area (Å²) in [6, 6.07) is 6.03. The molecule has 0 saturated carbocycles. The fraction of sp³-hybridized carbons (Fsp3) is 0.357. The van der Waals surface area contributed by atoms with E-state index in [4.69, 9.17) is 4.74 Å². The highest BCUT2D eigenvalue weighted by Crippen LogP contribution is 2.23. The molecule has 0 radical (unpaired) electrons. The second-order valence-corrected chi connectivity index (χ2v) is 4.24. The fourth-order valence-corrected chi connectivity index (χ4v) is 1.95. The number of Topliss-reactive ketones (excluding diaryl/α,β-unsaturated/α-hetero) is 1. The molecule has 1 N–H and O–H groups in total. The van der Waals surface area contributed by atoms with E-state index in [1.54, 1.807) is 31.2 Å². The fourth-order valence-electron chi connectivity index (χ4n) is 1.95. The first-order valence-corrected chi connectivity index (χ1v) is 6.37. The Hall–Kier alpha value is -2.37. The van der Waals surface area contributed by atoms with Gasteiger partial charge in [-0.1, -0.05) is 12.1 Å². The van der Waals surface area contributed by atoms with Crippen LogP contribution in [-0.4, -0.2) is 36.9 Å². The first-order valence-electron chi connectivity index (χ1n) is 6.37. The van der Waals surface area contributed by atoms with Crippen molar-refractivity contribution in [2.24, 2.45) is 0 Å². The number of carbonyl (C=O) groups is 3. The van der Waals surface area contributed by atoms with Crippen molar-refractivity contribution in [2.45, 2.75) is 19.4 Å². The lowest BCUT2D eigenvalue weighted by atomic mass is 10.0. The van der Waals surface area contributed by atoms with Gasteiger partial charge in [-0.15, -0.1) is 0 Å². The molecule has 6 nitrogen and oxygen atoms in total. The van der Waals surface area contributed by atoms with Crippen LogP contribution in [0.4, 0.5) is 0 Å². The van der Waals surface area contributed by atoms with Gasteiger partial charge >= 0.3 is 11.9 Å². The van der Waals surface area contributed by atoms with Crippen molar-refractivity contribution in [3.05, 3.63) is 29.8 Å². The minimum atomic E-state index is -0.987. The summed E-state index contributed by atoms with van der Waals surface area (Å²) >= 11 is 0. The minimum Gasteiger partial charge on any atom is -0.493 e.